The van der Waals surface area contributed by atoms with Gasteiger partial charge in [-0.3, -0.25) is 4.79 Å². The average Bonchev–Trinajstić information content (AvgIpc) is 2.78. The molecule has 2 aliphatic rings. The lowest BCUT2D eigenvalue weighted by Crippen LogP contribution is -2.39. The molecule has 2 N–H and O–H groups in total. The highest BCUT2D eigenvalue weighted by molar-refractivity contribution is 5.76. The standard InChI is InChI=1S/C14H23N5O/c1-13(2)4-10-5-14(3,7-13)8-19(10)11(20)6-18-9-16-12(15)17-18/h9-10H,4-8H2,1-3H3,(H2,15,17). The maximum atomic E-state index is 12.5. The number of hydrogen-bond acceptors (Lipinski definition) is 4. The van der Waals surface area contributed by atoms with Crippen molar-refractivity contribution in [2.45, 2.75) is 52.6 Å². The molecule has 1 saturated carbocycles. The highest BCUT2D eigenvalue weighted by Gasteiger charge is 2.50. The summed E-state index contributed by atoms with van der Waals surface area (Å²) < 4.78 is 1.52. The monoisotopic (exact) mass is 277 g/mol. The number of fused-ring (bicyclic) bond motifs is 2. The summed E-state index contributed by atoms with van der Waals surface area (Å²) in [6.45, 7) is 8.02. The minimum Gasteiger partial charge on any atom is -0.367 e. The van der Waals surface area contributed by atoms with E-state index in [-0.39, 0.29) is 23.8 Å². The first-order valence-electron chi connectivity index (χ1n) is 7.21. The number of aromatic nitrogens is 3. The number of nitrogen functional groups attached to an aromatic ring is 1. The van der Waals surface area contributed by atoms with Crippen molar-refractivity contribution in [2.75, 3.05) is 12.3 Å². The maximum absolute atomic E-state index is 12.5. The minimum atomic E-state index is 0.126. The van der Waals surface area contributed by atoms with Gasteiger partial charge in [0.1, 0.15) is 12.9 Å². The van der Waals surface area contributed by atoms with Gasteiger partial charge in [0.15, 0.2) is 0 Å². The number of carbonyl (C=O) groups is 1. The lowest BCUT2D eigenvalue weighted by molar-refractivity contribution is -0.133. The SMILES string of the molecule is CC1(C)CC2CC(C)(CN2C(=O)Cn2cnc(N)n2)C1. The van der Waals surface area contributed by atoms with E-state index in [1.165, 1.54) is 17.4 Å². The Bertz CT molecular complexity index is 537. The molecule has 20 heavy (non-hydrogen) atoms. The molecule has 0 aromatic carbocycles. The van der Waals surface area contributed by atoms with Gasteiger partial charge in [-0.1, -0.05) is 20.8 Å². The predicted octanol–water partition coefficient (Wildman–Crippen LogP) is 1.29. The molecule has 110 valence electrons. The van der Waals surface area contributed by atoms with Gasteiger partial charge in [-0.05, 0) is 30.1 Å². The molecule has 1 aromatic rings. The predicted molar refractivity (Wildman–Crippen MR) is 75.7 cm³/mol. The Morgan fingerprint density at radius 3 is 2.85 bits per heavy atom. The van der Waals surface area contributed by atoms with Gasteiger partial charge >= 0.3 is 0 Å². The number of amides is 1. The number of hydrogen-bond donors (Lipinski definition) is 1. The molecule has 1 aromatic heterocycles. The molecule has 0 spiro atoms. The molecule has 2 unspecified atom stereocenters. The summed E-state index contributed by atoms with van der Waals surface area (Å²) in [7, 11) is 0. The number of rotatable bonds is 2. The van der Waals surface area contributed by atoms with Gasteiger partial charge in [0.2, 0.25) is 11.9 Å². The third-order valence-electron chi connectivity index (χ3n) is 4.59. The van der Waals surface area contributed by atoms with E-state index < -0.39 is 0 Å². The molecule has 2 heterocycles. The topological polar surface area (TPSA) is 77.0 Å². The van der Waals surface area contributed by atoms with Gasteiger partial charge in [0, 0.05) is 12.6 Å². The van der Waals surface area contributed by atoms with Crippen LogP contribution in [0, 0.1) is 10.8 Å². The molecular formula is C14H23N5O. The number of carbonyl (C=O) groups excluding carboxylic acids is 1. The van der Waals surface area contributed by atoms with Gasteiger partial charge in [-0.15, -0.1) is 5.10 Å². The van der Waals surface area contributed by atoms with E-state index in [1.807, 2.05) is 4.90 Å². The second-order valence-electron chi connectivity index (χ2n) is 7.54. The van der Waals surface area contributed by atoms with E-state index in [9.17, 15) is 4.79 Å². The fraction of sp³-hybridized carbons (Fsp3) is 0.786. The van der Waals surface area contributed by atoms with Crippen LogP contribution in [0.1, 0.15) is 40.0 Å². The van der Waals surface area contributed by atoms with Crippen molar-refractivity contribution in [1.29, 1.82) is 0 Å². The summed E-state index contributed by atoms with van der Waals surface area (Å²) in [6, 6.07) is 0.372. The third kappa shape index (κ3) is 2.39. The Balaban J connectivity index is 1.73. The molecule has 6 heteroatoms. The van der Waals surface area contributed by atoms with Crippen LogP contribution >= 0.6 is 0 Å². The summed E-state index contributed by atoms with van der Waals surface area (Å²) in [5.41, 5.74) is 6.07. The van der Waals surface area contributed by atoms with Crippen molar-refractivity contribution in [3.63, 3.8) is 0 Å². The lowest BCUT2D eigenvalue weighted by Gasteiger charge is -2.39. The first kappa shape index (κ1) is 13.4. The molecule has 3 rings (SSSR count). The highest BCUT2D eigenvalue weighted by Crippen LogP contribution is 2.52. The first-order valence-corrected chi connectivity index (χ1v) is 7.21. The number of nitrogens with two attached hydrogens (primary N) is 1. The van der Waals surface area contributed by atoms with Crippen LogP contribution in [0.25, 0.3) is 0 Å². The Kier molecular flexibility index (Phi) is 2.81. The zero-order chi connectivity index (χ0) is 14.5. The van der Waals surface area contributed by atoms with Gasteiger partial charge < -0.3 is 10.6 Å². The van der Waals surface area contributed by atoms with Gasteiger partial charge in [0.25, 0.3) is 0 Å². The zero-order valence-corrected chi connectivity index (χ0v) is 12.5. The summed E-state index contributed by atoms with van der Waals surface area (Å²) in [6.07, 6.45) is 4.92. The van der Waals surface area contributed by atoms with E-state index in [4.69, 9.17) is 5.73 Å². The summed E-state index contributed by atoms with van der Waals surface area (Å²) in [4.78, 5) is 18.4. The molecule has 6 nitrogen and oxygen atoms in total. The molecule has 0 radical (unpaired) electrons. The summed E-state index contributed by atoms with van der Waals surface area (Å²) in [5.74, 6) is 0.340. The van der Waals surface area contributed by atoms with Crippen LogP contribution in [0.15, 0.2) is 6.33 Å². The first-order chi connectivity index (χ1) is 9.26. The summed E-state index contributed by atoms with van der Waals surface area (Å²) >= 11 is 0. The van der Waals surface area contributed by atoms with Crippen molar-refractivity contribution in [1.82, 2.24) is 19.7 Å². The largest absolute Gasteiger partial charge is 0.367 e. The normalized spacial score (nSPS) is 31.6. The fourth-order valence-electron chi connectivity index (χ4n) is 4.37. The Hall–Kier alpha value is -1.59. The van der Waals surface area contributed by atoms with Crippen molar-refractivity contribution in [2.24, 2.45) is 10.8 Å². The van der Waals surface area contributed by atoms with Crippen LogP contribution in [0.2, 0.25) is 0 Å². The Morgan fingerprint density at radius 1 is 1.45 bits per heavy atom. The van der Waals surface area contributed by atoms with Crippen LogP contribution in [-0.4, -0.2) is 38.2 Å². The number of likely N-dealkylation sites (tertiary alicyclic amines) is 1. The van der Waals surface area contributed by atoms with Crippen molar-refractivity contribution >= 4 is 11.9 Å². The van der Waals surface area contributed by atoms with E-state index in [0.29, 0.717) is 11.5 Å². The van der Waals surface area contributed by atoms with Gasteiger partial charge in [-0.25, -0.2) is 9.67 Å². The Morgan fingerprint density at radius 2 is 2.20 bits per heavy atom. The van der Waals surface area contributed by atoms with Crippen LogP contribution in [-0.2, 0) is 11.3 Å². The molecule has 2 bridgehead atoms. The van der Waals surface area contributed by atoms with Crippen LogP contribution in [0.3, 0.4) is 0 Å². The number of nitrogens with zero attached hydrogens (tertiary/aromatic N) is 4. The maximum Gasteiger partial charge on any atom is 0.244 e. The zero-order valence-electron chi connectivity index (χ0n) is 12.5. The molecule has 1 amide bonds. The smallest absolute Gasteiger partial charge is 0.244 e. The quantitative estimate of drug-likeness (QED) is 0.883. The van der Waals surface area contributed by atoms with Gasteiger partial charge in [-0.2, -0.15) is 0 Å². The Labute approximate surface area is 119 Å². The van der Waals surface area contributed by atoms with Crippen molar-refractivity contribution in [3.8, 4) is 0 Å². The highest BCUT2D eigenvalue weighted by atomic mass is 16.2. The summed E-state index contributed by atoms with van der Waals surface area (Å²) in [5, 5.41) is 3.99. The second kappa shape index (κ2) is 4.20. The van der Waals surface area contributed by atoms with Crippen LogP contribution in [0.4, 0.5) is 5.95 Å². The third-order valence-corrected chi connectivity index (χ3v) is 4.59. The lowest BCUT2D eigenvalue weighted by atomic mass is 9.65. The van der Waals surface area contributed by atoms with E-state index >= 15 is 0 Å². The molecule has 1 saturated heterocycles. The second-order valence-corrected chi connectivity index (χ2v) is 7.54. The molecule has 1 aliphatic carbocycles. The fourth-order valence-corrected chi connectivity index (χ4v) is 4.37. The van der Waals surface area contributed by atoms with Crippen molar-refractivity contribution in [3.05, 3.63) is 6.33 Å². The molecule has 2 atom stereocenters. The van der Waals surface area contributed by atoms with Crippen LogP contribution in [0.5, 0.6) is 0 Å². The molecule has 2 fully saturated rings. The van der Waals surface area contributed by atoms with E-state index in [0.717, 1.165) is 19.4 Å². The van der Waals surface area contributed by atoms with Crippen molar-refractivity contribution < 1.29 is 4.79 Å². The van der Waals surface area contributed by atoms with E-state index in [2.05, 4.69) is 30.9 Å². The minimum absolute atomic E-state index is 0.126. The number of anilines is 1. The van der Waals surface area contributed by atoms with Crippen LogP contribution < -0.4 is 5.73 Å². The molecular weight excluding hydrogens is 254 g/mol. The van der Waals surface area contributed by atoms with Gasteiger partial charge in [0.05, 0.1) is 0 Å². The van der Waals surface area contributed by atoms with E-state index in [1.54, 1.807) is 0 Å². The molecule has 1 aliphatic heterocycles. The average molecular weight is 277 g/mol.